The fourth-order valence-corrected chi connectivity index (χ4v) is 15.7. The van der Waals surface area contributed by atoms with Gasteiger partial charge < -0.3 is 38.6 Å². The zero-order valence-corrected chi connectivity index (χ0v) is 48.8. The fraction of sp³-hybridized carbons (Fsp3) is 0.554. The molecule has 0 radical (unpaired) electrons. The van der Waals surface area contributed by atoms with Crippen molar-refractivity contribution in [2.45, 2.75) is 167 Å². The molecule has 1 saturated heterocycles. The summed E-state index contributed by atoms with van der Waals surface area (Å²) in [6, 6.07) is 16.4. The van der Waals surface area contributed by atoms with Gasteiger partial charge in [0.2, 0.25) is 0 Å². The van der Waals surface area contributed by atoms with E-state index in [1.54, 1.807) is 30.5 Å². The lowest BCUT2D eigenvalue weighted by Crippen LogP contribution is -2.58. The average molecular weight is 1110 g/mol. The molecule has 2 aromatic heterocycles. The highest BCUT2D eigenvalue weighted by Gasteiger charge is 2.67. The van der Waals surface area contributed by atoms with Crippen molar-refractivity contribution in [1.29, 1.82) is 0 Å². The number of rotatable bonds is 15. The molecule has 0 spiro atoms. The molecule has 3 aliphatic heterocycles. The number of anilines is 1. The summed E-state index contributed by atoms with van der Waals surface area (Å²) in [5, 5.41) is 12.2. The molecule has 7 aliphatic rings. The molecule has 5 heterocycles. The van der Waals surface area contributed by atoms with Crippen molar-refractivity contribution in [3.05, 3.63) is 109 Å². The Morgan fingerprint density at radius 3 is 2.41 bits per heavy atom. The molecule has 0 bridgehead atoms. The molecule has 16 nitrogen and oxygen atoms in total. The van der Waals surface area contributed by atoms with Gasteiger partial charge in [0.1, 0.15) is 12.4 Å². The molecule has 1 amide bonds. The number of aliphatic hydroxyl groups is 1. The first-order valence-electron chi connectivity index (χ1n) is 29.6. The normalized spacial score (nSPS) is 27.7. The van der Waals surface area contributed by atoms with Gasteiger partial charge in [-0.2, -0.15) is 0 Å². The number of hydrogen-bond acceptors (Lipinski definition) is 14. The van der Waals surface area contributed by atoms with Crippen LogP contribution in [-0.2, 0) is 53.9 Å². The summed E-state index contributed by atoms with van der Waals surface area (Å²) >= 11 is 0. The molecule has 1 unspecified atom stereocenters. The second-order valence-electron chi connectivity index (χ2n) is 25.1. The van der Waals surface area contributed by atoms with Crippen molar-refractivity contribution < 1.29 is 43.3 Å². The highest BCUT2D eigenvalue weighted by molar-refractivity contribution is 5.93. The summed E-state index contributed by atoms with van der Waals surface area (Å²) in [6.45, 7) is 14.9. The Morgan fingerprint density at radius 1 is 0.914 bits per heavy atom. The Balaban J connectivity index is 0.693. The number of ether oxygens (including phenoxy) is 3. The van der Waals surface area contributed by atoms with E-state index < -0.39 is 34.6 Å². The van der Waals surface area contributed by atoms with E-state index in [0.29, 0.717) is 55.0 Å². The minimum Gasteiger partial charge on any atom is -0.458 e. The van der Waals surface area contributed by atoms with Gasteiger partial charge in [0.05, 0.1) is 29.0 Å². The van der Waals surface area contributed by atoms with Crippen LogP contribution in [0.3, 0.4) is 0 Å². The van der Waals surface area contributed by atoms with Gasteiger partial charge in [-0.15, -0.1) is 0 Å². The molecular formula is C65H80N6O10. The smallest absolute Gasteiger partial charge is 0.415 e. The number of benzene rings is 2. The molecule has 430 valence electrons. The molecule has 11 rings (SSSR count). The second-order valence-corrected chi connectivity index (χ2v) is 25.1. The van der Waals surface area contributed by atoms with Gasteiger partial charge in [0, 0.05) is 97.8 Å². The molecule has 2 aromatic carbocycles. The SMILES string of the molecule is CCC1(O)C(=O)OCc2c1cc1n(c2=O)Cc2cc3c(CN(C)C)c(OC(=O)N4C[C@H](C)N(CCCCCCN(C)c5ccc([C@H]6C[C@@]7(C)[C@@H](CC[C@]7(OC(C)=O)C(C)=O)[C@@H]7CCC8=CC(=O)CCC8=C76)cc5)C[C@H]4C)ccc3nc2-1. The van der Waals surface area contributed by atoms with Crippen LogP contribution < -0.4 is 15.2 Å². The van der Waals surface area contributed by atoms with E-state index in [1.807, 2.05) is 42.1 Å². The summed E-state index contributed by atoms with van der Waals surface area (Å²) in [5.74, 6) is -0.0102. The summed E-state index contributed by atoms with van der Waals surface area (Å²) in [6.07, 6.45) is 11.1. The molecule has 8 atom stereocenters. The van der Waals surface area contributed by atoms with Crippen molar-refractivity contribution in [3.63, 3.8) is 0 Å². The lowest BCUT2D eigenvalue weighted by Gasteiger charge is -2.55. The van der Waals surface area contributed by atoms with Gasteiger partial charge in [-0.1, -0.05) is 44.4 Å². The third-order valence-corrected chi connectivity index (χ3v) is 19.9. The average Bonchev–Trinajstić information content (AvgIpc) is 3.99. The van der Waals surface area contributed by atoms with Crippen LogP contribution in [0.4, 0.5) is 10.5 Å². The highest BCUT2D eigenvalue weighted by Crippen LogP contribution is 2.68. The third kappa shape index (κ3) is 9.73. The van der Waals surface area contributed by atoms with E-state index in [-0.39, 0.29) is 77.7 Å². The Bertz CT molecular complexity index is 3360. The molecule has 4 aromatic rings. The minimum atomic E-state index is -1.91. The predicted molar refractivity (Wildman–Crippen MR) is 309 cm³/mol. The number of carbonyl (C=O) groups excluding carboxylic acids is 5. The monoisotopic (exact) mass is 1100 g/mol. The Kier molecular flexibility index (Phi) is 15.1. The molecule has 81 heavy (non-hydrogen) atoms. The lowest BCUT2D eigenvalue weighted by atomic mass is 9.50. The summed E-state index contributed by atoms with van der Waals surface area (Å²) < 4.78 is 19.3. The van der Waals surface area contributed by atoms with Crippen molar-refractivity contribution in [2.75, 3.05) is 52.2 Å². The minimum absolute atomic E-state index is 0.0539. The van der Waals surface area contributed by atoms with E-state index in [4.69, 9.17) is 19.2 Å². The standard InChI is InChI=1S/C65H80N6O10/c1-10-64(78)54-31-56-59-44(35-71(56)60(75)52(54)37-79-61(64)76)30-49-51(36-67(7)8)57(24-23-55(49)66-59)80-62(77)70-34-38(2)69(33-39(70)3)28-14-12-11-13-27-68(9)45-18-15-42(16-19-45)50-32-63(6)53(25-26-65(63,40(4)72)81-41(5)73)48-21-17-43-29-46(74)20-22-47(43)58(48)50/h15-16,18-19,23-24,29-31,38-39,48,50,53,78H,10-14,17,20-22,25-28,32-37H2,1-9H3/t38-,39+,48-,50+,53-,63-,64?,65-/m0/s1. The van der Waals surface area contributed by atoms with Crippen molar-refractivity contribution in [2.24, 2.45) is 17.3 Å². The molecular weight excluding hydrogens is 1020 g/mol. The first-order valence-corrected chi connectivity index (χ1v) is 29.6. The number of Topliss-reactive ketones (excluding diaryl/α,β-unsaturated/α-hetero) is 1. The Morgan fingerprint density at radius 2 is 1.68 bits per heavy atom. The number of allylic oxidation sites excluding steroid dienone is 4. The van der Waals surface area contributed by atoms with Gasteiger partial charge in [0.25, 0.3) is 5.56 Å². The van der Waals surface area contributed by atoms with E-state index in [9.17, 15) is 33.9 Å². The van der Waals surface area contributed by atoms with Gasteiger partial charge >= 0.3 is 18.0 Å². The van der Waals surface area contributed by atoms with Gasteiger partial charge in [-0.3, -0.25) is 24.1 Å². The largest absolute Gasteiger partial charge is 0.458 e. The van der Waals surface area contributed by atoms with Crippen LogP contribution >= 0.6 is 0 Å². The quantitative estimate of drug-likeness (QED) is 0.0773. The second kappa shape index (κ2) is 21.7. The number of cyclic esters (lactones) is 1. The van der Waals surface area contributed by atoms with Crippen LogP contribution in [0, 0.1) is 17.3 Å². The Labute approximate surface area is 475 Å². The highest BCUT2D eigenvalue weighted by atomic mass is 16.6. The van der Waals surface area contributed by atoms with Gasteiger partial charge in [0.15, 0.2) is 22.8 Å². The summed E-state index contributed by atoms with van der Waals surface area (Å²) in [5.41, 5.74) is 6.48. The number of piperazine rings is 1. The lowest BCUT2D eigenvalue weighted by molar-refractivity contribution is -0.182. The predicted octanol–water partition coefficient (Wildman–Crippen LogP) is 9.52. The maximum atomic E-state index is 14.1. The van der Waals surface area contributed by atoms with Crippen LogP contribution in [0.15, 0.2) is 76.1 Å². The van der Waals surface area contributed by atoms with Crippen LogP contribution in [0.2, 0.25) is 0 Å². The first-order chi connectivity index (χ1) is 38.7. The number of fused-ring (bicyclic) bond motifs is 9. The maximum absolute atomic E-state index is 14.1. The Hall–Kier alpha value is -6.49. The summed E-state index contributed by atoms with van der Waals surface area (Å²) in [4.78, 5) is 93.3. The van der Waals surface area contributed by atoms with Crippen LogP contribution in [0.25, 0.3) is 22.3 Å². The van der Waals surface area contributed by atoms with E-state index in [0.717, 1.165) is 93.2 Å². The fourth-order valence-electron chi connectivity index (χ4n) is 15.7. The van der Waals surface area contributed by atoms with Crippen molar-refractivity contribution in [1.82, 2.24) is 24.3 Å². The van der Waals surface area contributed by atoms with Gasteiger partial charge in [-0.05, 0) is 170 Å². The van der Waals surface area contributed by atoms with E-state index >= 15 is 0 Å². The first kappa shape index (κ1) is 56.4. The number of aromatic nitrogens is 2. The zero-order chi connectivity index (χ0) is 57.4. The number of carbonyl (C=O) groups is 5. The number of amides is 1. The number of pyridine rings is 2. The van der Waals surface area contributed by atoms with Crippen LogP contribution in [-0.4, -0.2) is 124 Å². The number of ketones is 2. The zero-order valence-electron chi connectivity index (χ0n) is 48.8. The summed E-state index contributed by atoms with van der Waals surface area (Å²) in [7, 11) is 6.08. The molecule has 1 N–H and O–H groups in total. The molecule has 2 saturated carbocycles. The number of esters is 2. The third-order valence-electron chi connectivity index (χ3n) is 19.9. The van der Waals surface area contributed by atoms with Gasteiger partial charge in [-0.25, -0.2) is 14.6 Å². The topological polar surface area (TPSA) is 181 Å². The van der Waals surface area contributed by atoms with Crippen LogP contribution in [0.1, 0.15) is 152 Å². The van der Waals surface area contributed by atoms with Crippen molar-refractivity contribution >= 4 is 46.2 Å². The molecule has 16 heteroatoms. The molecule has 3 fully saturated rings. The van der Waals surface area contributed by atoms with Crippen LogP contribution in [0.5, 0.6) is 5.75 Å². The van der Waals surface area contributed by atoms with E-state index in [2.05, 4.69) is 61.9 Å². The maximum Gasteiger partial charge on any atom is 0.415 e. The number of nitrogens with zero attached hydrogens (tertiary/aromatic N) is 6. The van der Waals surface area contributed by atoms with Crippen molar-refractivity contribution in [3.8, 4) is 17.1 Å². The van der Waals surface area contributed by atoms with E-state index in [1.165, 1.54) is 29.2 Å². The number of hydrogen-bond donors (Lipinski definition) is 1. The number of unbranched alkanes of at least 4 members (excludes halogenated alkanes) is 3. The molecule has 4 aliphatic carbocycles.